The maximum absolute atomic E-state index is 13.4. The molecule has 10 rings (SSSR count). The molecule has 2 aromatic carbocycles. The monoisotopic (exact) mass is 819 g/mol. The molecule has 4 amide bonds. The first kappa shape index (κ1) is 39.2. The number of ether oxygens (including phenoxy) is 1. The van der Waals surface area contributed by atoms with Gasteiger partial charge < -0.3 is 24.8 Å². The van der Waals surface area contributed by atoms with E-state index < -0.39 is 6.04 Å². The lowest BCUT2D eigenvalue weighted by atomic mass is 9.49. The first-order chi connectivity index (χ1) is 28.2. The van der Waals surface area contributed by atoms with Gasteiger partial charge in [0.1, 0.15) is 17.9 Å². The average molecular weight is 820 g/mol. The molecule has 15 heteroatoms. The molecule has 7 heterocycles. The number of hydrogen-bond donors (Lipinski definition) is 2. The highest BCUT2D eigenvalue weighted by Crippen LogP contribution is 2.56. The van der Waals surface area contributed by atoms with Crippen LogP contribution in [0.3, 0.4) is 0 Å². The fourth-order valence-electron chi connectivity index (χ4n) is 11.1. The van der Waals surface area contributed by atoms with E-state index in [1.807, 2.05) is 12.1 Å². The standard InChI is InChI=1S/C44H50ClN9O5/c1-43(2)41(44(3,4)42(43)59-30-7-9-33(46-5)32(45)20-30)48-38(56)34-10-12-36(50-49-34)52-16-14-25(15-17-52)21-51-23-28-19-29(24-51)54(28)27-6-8-31-26(18-27)22-53(40(31)58)35-11-13-37(55)47-39(35)57/h6-10,12,18,20,25,28-29,35,41-42H,11,13-17,19,21-24H2,1-4H3,(H,48,56)(H,47,55,57). The molecule has 14 nitrogen and oxygen atoms in total. The third kappa shape index (κ3) is 6.95. The Hall–Kier alpha value is -5.26. The number of piperidine rings is 3. The molecule has 308 valence electrons. The van der Waals surface area contributed by atoms with Gasteiger partial charge in [-0.25, -0.2) is 4.85 Å². The molecule has 2 bridgehead atoms. The number of fused-ring (bicyclic) bond motifs is 3. The molecule has 6 aliphatic heterocycles. The molecule has 0 radical (unpaired) electrons. The van der Waals surface area contributed by atoms with Gasteiger partial charge in [0.25, 0.3) is 11.8 Å². The van der Waals surface area contributed by atoms with Crippen molar-refractivity contribution in [1.29, 1.82) is 0 Å². The van der Waals surface area contributed by atoms with Crippen LogP contribution < -0.4 is 25.2 Å². The van der Waals surface area contributed by atoms with Gasteiger partial charge in [-0.3, -0.25) is 29.4 Å². The normalized spacial score (nSPS) is 27.3. The number of carbonyl (C=O) groups is 4. The summed E-state index contributed by atoms with van der Waals surface area (Å²) in [5, 5.41) is 14.8. The molecular weight excluding hydrogens is 770 g/mol. The number of carbonyl (C=O) groups excluding carboxylic acids is 4. The number of anilines is 2. The van der Waals surface area contributed by atoms with Crippen molar-refractivity contribution in [2.75, 3.05) is 42.5 Å². The van der Waals surface area contributed by atoms with Gasteiger partial charge in [0.05, 0.1) is 11.6 Å². The summed E-state index contributed by atoms with van der Waals surface area (Å²) in [6.07, 6.45) is 3.71. The number of nitrogens with one attached hydrogen (secondary N) is 2. The van der Waals surface area contributed by atoms with Crippen molar-refractivity contribution in [2.24, 2.45) is 16.7 Å². The number of imide groups is 1. The van der Waals surface area contributed by atoms with Gasteiger partial charge in [-0.15, -0.1) is 10.2 Å². The van der Waals surface area contributed by atoms with E-state index in [1.165, 1.54) is 6.42 Å². The number of piperazine rings is 1. The minimum absolute atomic E-state index is 0.137. The maximum atomic E-state index is 13.4. The van der Waals surface area contributed by atoms with Crippen LogP contribution in [-0.4, -0.2) is 107 Å². The molecule has 6 fully saturated rings. The minimum atomic E-state index is -0.605. The maximum Gasteiger partial charge on any atom is 0.272 e. The molecule has 3 aromatic rings. The van der Waals surface area contributed by atoms with Crippen molar-refractivity contribution < 1.29 is 23.9 Å². The molecule has 3 unspecified atom stereocenters. The van der Waals surface area contributed by atoms with E-state index in [-0.39, 0.29) is 58.7 Å². The van der Waals surface area contributed by atoms with Crippen molar-refractivity contribution in [3.8, 4) is 5.75 Å². The topological polar surface area (TPSA) is 145 Å². The molecule has 2 N–H and O–H groups in total. The zero-order chi connectivity index (χ0) is 41.4. The number of amides is 4. The van der Waals surface area contributed by atoms with Crippen molar-refractivity contribution in [2.45, 2.75) is 96.6 Å². The zero-order valence-electron chi connectivity index (χ0n) is 33.9. The summed E-state index contributed by atoms with van der Waals surface area (Å²) >= 11 is 6.26. The molecule has 5 saturated heterocycles. The van der Waals surface area contributed by atoms with Crippen LogP contribution in [0.4, 0.5) is 17.2 Å². The van der Waals surface area contributed by atoms with Gasteiger partial charge >= 0.3 is 0 Å². The first-order valence-electron chi connectivity index (χ1n) is 20.7. The van der Waals surface area contributed by atoms with E-state index in [9.17, 15) is 19.2 Å². The van der Waals surface area contributed by atoms with E-state index >= 15 is 0 Å². The lowest BCUT2D eigenvalue weighted by Crippen LogP contribution is -2.74. The van der Waals surface area contributed by atoms with Crippen LogP contribution in [0.1, 0.15) is 86.2 Å². The van der Waals surface area contributed by atoms with Crippen LogP contribution in [-0.2, 0) is 16.1 Å². The smallest absolute Gasteiger partial charge is 0.272 e. The lowest BCUT2D eigenvalue weighted by molar-refractivity contribution is -0.164. The summed E-state index contributed by atoms with van der Waals surface area (Å²) < 4.78 is 6.37. The second kappa shape index (κ2) is 14.8. The van der Waals surface area contributed by atoms with Crippen LogP contribution >= 0.6 is 11.6 Å². The predicted octanol–water partition coefficient (Wildman–Crippen LogP) is 5.23. The highest BCUT2D eigenvalue weighted by atomic mass is 35.5. The zero-order valence-corrected chi connectivity index (χ0v) is 34.7. The van der Waals surface area contributed by atoms with Gasteiger partial charge in [-0.1, -0.05) is 45.4 Å². The number of rotatable bonds is 9. The highest BCUT2D eigenvalue weighted by Gasteiger charge is 2.64. The summed E-state index contributed by atoms with van der Waals surface area (Å²) in [4.78, 5) is 63.2. The largest absolute Gasteiger partial charge is 0.489 e. The Bertz CT molecular complexity index is 2220. The number of hydrogen-bond acceptors (Lipinski definition) is 10. The molecule has 1 saturated carbocycles. The van der Waals surface area contributed by atoms with Crippen molar-refractivity contribution in [3.63, 3.8) is 0 Å². The fraction of sp³-hybridized carbons (Fsp3) is 0.523. The van der Waals surface area contributed by atoms with E-state index in [4.69, 9.17) is 22.9 Å². The van der Waals surface area contributed by atoms with E-state index in [0.29, 0.717) is 53.0 Å². The van der Waals surface area contributed by atoms with Crippen LogP contribution in [0.2, 0.25) is 5.02 Å². The molecule has 3 atom stereocenters. The Kier molecular flexibility index (Phi) is 9.82. The van der Waals surface area contributed by atoms with Gasteiger partial charge in [0.2, 0.25) is 17.5 Å². The number of nitrogens with zero attached hydrogens (tertiary/aromatic N) is 7. The third-order valence-corrected chi connectivity index (χ3v) is 14.1. The summed E-state index contributed by atoms with van der Waals surface area (Å²) in [6, 6.07) is 14.9. The van der Waals surface area contributed by atoms with Crippen LogP contribution in [0.25, 0.3) is 4.85 Å². The van der Waals surface area contributed by atoms with Gasteiger partial charge in [0.15, 0.2) is 11.5 Å². The van der Waals surface area contributed by atoms with Crippen molar-refractivity contribution in [1.82, 2.24) is 30.6 Å². The lowest BCUT2D eigenvalue weighted by Gasteiger charge is -2.63. The third-order valence-electron chi connectivity index (χ3n) is 13.8. The number of halogens is 1. The van der Waals surface area contributed by atoms with E-state index in [2.05, 4.69) is 80.2 Å². The van der Waals surface area contributed by atoms with Crippen molar-refractivity contribution >= 4 is 52.4 Å². The Morgan fingerprint density at radius 2 is 1.73 bits per heavy atom. The minimum Gasteiger partial charge on any atom is -0.489 e. The number of aromatic nitrogens is 2. The predicted molar refractivity (Wildman–Crippen MR) is 222 cm³/mol. The Morgan fingerprint density at radius 1 is 0.983 bits per heavy atom. The second-order valence-electron chi connectivity index (χ2n) is 18.4. The Balaban J connectivity index is 0.738. The Labute approximate surface area is 349 Å². The van der Waals surface area contributed by atoms with Crippen molar-refractivity contribution in [3.05, 3.63) is 81.8 Å². The molecule has 0 spiro atoms. The summed E-state index contributed by atoms with van der Waals surface area (Å²) in [6.45, 7) is 20.8. The van der Waals surface area contributed by atoms with Crippen LogP contribution in [0, 0.1) is 23.3 Å². The van der Waals surface area contributed by atoms with Crippen LogP contribution in [0.5, 0.6) is 5.75 Å². The number of benzene rings is 2. The molecular formula is C44H50ClN9O5. The van der Waals surface area contributed by atoms with Gasteiger partial charge in [-0.2, -0.15) is 0 Å². The Morgan fingerprint density at radius 3 is 2.39 bits per heavy atom. The molecule has 1 aromatic heterocycles. The fourth-order valence-corrected chi connectivity index (χ4v) is 11.3. The van der Waals surface area contributed by atoms with Gasteiger partial charge in [-0.05, 0) is 79.6 Å². The average Bonchev–Trinajstić information content (AvgIpc) is 3.53. The second-order valence-corrected chi connectivity index (χ2v) is 18.8. The summed E-state index contributed by atoms with van der Waals surface area (Å²) in [7, 11) is 0. The molecule has 59 heavy (non-hydrogen) atoms. The van der Waals surface area contributed by atoms with Crippen LogP contribution in [0.15, 0.2) is 48.5 Å². The summed E-state index contributed by atoms with van der Waals surface area (Å²) in [5.74, 6) is 0.904. The molecule has 1 aliphatic carbocycles. The molecule has 7 aliphatic rings. The summed E-state index contributed by atoms with van der Waals surface area (Å²) in [5.41, 5.74) is 2.63. The van der Waals surface area contributed by atoms with Gasteiger partial charge in [0, 0.05) is 85.9 Å². The SMILES string of the molecule is [C-]#[N+]c1ccc(OC2C(C)(C)C(NC(=O)c3ccc(N4CCC(CN5CC6CC(C5)N6c5ccc6c(c5)CN(C5CCC(=O)NC5=O)C6=O)CC4)nn3)C2(C)C)cc1Cl. The van der Waals surface area contributed by atoms with E-state index in [0.717, 1.165) is 62.6 Å². The van der Waals surface area contributed by atoms with E-state index in [1.54, 1.807) is 29.2 Å². The highest BCUT2D eigenvalue weighted by molar-refractivity contribution is 6.33. The quantitative estimate of drug-likeness (QED) is 0.218. The first-order valence-corrected chi connectivity index (χ1v) is 21.1.